The van der Waals surface area contributed by atoms with Crippen molar-refractivity contribution in [2.24, 2.45) is 11.1 Å². The zero-order chi connectivity index (χ0) is 9.47. The highest BCUT2D eigenvalue weighted by Crippen LogP contribution is 2.57. The van der Waals surface area contributed by atoms with Crippen LogP contribution >= 0.6 is 0 Å². The molecule has 0 amide bonds. The summed E-state index contributed by atoms with van der Waals surface area (Å²) in [6.45, 7) is 5.02. The minimum Gasteiger partial charge on any atom is -0.326 e. The van der Waals surface area contributed by atoms with Crippen molar-refractivity contribution in [2.45, 2.75) is 32.7 Å². The first kappa shape index (κ1) is 8.63. The predicted molar refractivity (Wildman–Crippen MR) is 51.1 cm³/mol. The van der Waals surface area contributed by atoms with Crippen molar-refractivity contribution >= 4 is 0 Å². The second-order valence-corrected chi connectivity index (χ2v) is 4.40. The molecule has 1 heterocycles. The lowest BCUT2D eigenvalue weighted by Gasteiger charge is -2.02. The standard InChI is InChI=1S/C10H15N3/c1-10(2)3-8(10)9-12-5-7(4-11)6-13-9/h5-6,8H,3-4,11H2,1-2H3. The van der Waals surface area contributed by atoms with Crippen LogP contribution in [0.2, 0.25) is 0 Å². The van der Waals surface area contributed by atoms with Gasteiger partial charge >= 0.3 is 0 Å². The Morgan fingerprint density at radius 2 is 2.00 bits per heavy atom. The molecule has 1 aromatic rings. The Hall–Kier alpha value is -0.960. The first-order valence-corrected chi connectivity index (χ1v) is 4.64. The van der Waals surface area contributed by atoms with Gasteiger partial charge in [0.1, 0.15) is 5.82 Å². The molecule has 0 spiro atoms. The maximum atomic E-state index is 5.46. The maximum Gasteiger partial charge on any atom is 0.131 e. The lowest BCUT2D eigenvalue weighted by Crippen LogP contribution is -2.01. The van der Waals surface area contributed by atoms with E-state index in [1.54, 1.807) is 0 Å². The number of aromatic nitrogens is 2. The second kappa shape index (κ2) is 2.77. The Balaban J connectivity index is 2.16. The third kappa shape index (κ3) is 1.56. The molecule has 0 radical (unpaired) electrons. The smallest absolute Gasteiger partial charge is 0.131 e. The van der Waals surface area contributed by atoms with Crippen LogP contribution in [0.3, 0.4) is 0 Å². The first-order valence-electron chi connectivity index (χ1n) is 4.64. The van der Waals surface area contributed by atoms with Crippen molar-refractivity contribution < 1.29 is 0 Å². The molecule has 70 valence electrons. The lowest BCUT2D eigenvalue weighted by molar-refractivity contribution is 0.607. The summed E-state index contributed by atoms with van der Waals surface area (Å²) < 4.78 is 0. The number of hydrogen-bond acceptors (Lipinski definition) is 3. The van der Waals surface area contributed by atoms with Crippen LogP contribution < -0.4 is 5.73 Å². The van der Waals surface area contributed by atoms with Crippen LogP contribution in [0.5, 0.6) is 0 Å². The van der Waals surface area contributed by atoms with Crippen molar-refractivity contribution in [2.75, 3.05) is 0 Å². The van der Waals surface area contributed by atoms with Gasteiger partial charge in [0, 0.05) is 30.4 Å². The summed E-state index contributed by atoms with van der Waals surface area (Å²) in [6, 6.07) is 0. The number of nitrogens with zero attached hydrogens (tertiary/aromatic N) is 2. The molecule has 0 aromatic carbocycles. The van der Waals surface area contributed by atoms with E-state index in [-0.39, 0.29) is 0 Å². The molecule has 3 nitrogen and oxygen atoms in total. The Labute approximate surface area is 78.4 Å². The van der Waals surface area contributed by atoms with E-state index < -0.39 is 0 Å². The highest BCUT2D eigenvalue weighted by atomic mass is 14.9. The van der Waals surface area contributed by atoms with Gasteiger partial charge in [0.25, 0.3) is 0 Å². The summed E-state index contributed by atoms with van der Waals surface area (Å²) in [6.07, 6.45) is 4.86. The van der Waals surface area contributed by atoms with Crippen molar-refractivity contribution in [1.82, 2.24) is 9.97 Å². The first-order chi connectivity index (χ1) is 6.13. The molecule has 0 saturated heterocycles. The molecule has 2 N–H and O–H groups in total. The van der Waals surface area contributed by atoms with Crippen molar-refractivity contribution in [3.63, 3.8) is 0 Å². The summed E-state index contributed by atoms with van der Waals surface area (Å²) in [7, 11) is 0. The molecule has 2 rings (SSSR count). The summed E-state index contributed by atoms with van der Waals surface area (Å²) in [5.41, 5.74) is 6.87. The normalized spacial score (nSPS) is 24.4. The molecule has 1 saturated carbocycles. The van der Waals surface area contributed by atoms with Gasteiger partial charge in [0.15, 0.2) is 0 Å². The molecule has 1 aliphatic carbocycles. The SMILES string of the molecule is CC1(C)CC1c1ncc(CN)cn1. The van der Waals surface area contributed by atoms with E-state index >= 15 is 0 Å². The van der Waals surface area contributed by atoms with Gasteiger partial charge in [-0.3, -0.25) is 0 Å². The summed E-state index contributed by atoms with van der Waals surface area (Å²) >= 11 is 0. The van der Waals surface area contributed by atoms with Crippen molar-refractivity contribution in [3.05, 3.63) is 23.8 Å². The molecule has 0 aliphatic heterocycles. The number of rotatable bonds is 2. The molecule has 1 fully saturated rings. The van der Waals surface area contributed by atoms with E-state index in [9.17, 15) is 0 Å². The van der Waals surface area contributed by atoms with Gasteiger partial charge in [-0.05, 0) is 11.8 Å². The quantitative estimate of drug-likeness (QED) is 0.743. The minimum absolute atomic E-state index is 0.407. The molecule has 1 unspecified atom stereocenters. The summed E-state index contributed by atoms with van der Waals surface area (Å²) in [5.74, 6) is 1.53. The average Bonchev–Trinajstić information content (AvgIpc) is 2.76. The van der Waals surface area contributed by atoms with Crippen molar-refractivity contribution in [1.29, 1.82) is 0 Å². The molecule has 0 bridgehead atoms. The maximum absolute atomic E-state index is 5.46. The zero-order valence-electron chi connectivity index (χ0n) is 8.12. The molecular formula is C10H15N3. The summed E-state index contributed by atoms with van der Waals surface area (Å²) in [4.78, 5) is 8.63. The molecule has 3 heteroatoms. The van der Waals surface area contributed by atoms with E-state index in [1.807, 2.05) is 12.4 Å². The van der Waals surface area contributed by atoms with Crippen LogP contribution in [0.25, 0.3) is 0 Å². The minimum atomic E-state index is 0.407. The van der Waals surface area contributed by atoms with Crippen LogP contribution in [0.4, 0.5) is 0 Å². The third-order valence-corrected chi connectivity index (χ3v) is 2.79. The molecule has 1 aromatic heterocycles. The van der Waals surface area contributed by atoms with Gasteiger partial charge in [0.2, 0.25) is 0 Å². The number of hydrogen-bond donors (Lipinski definition) is 1. The van der Waals surface area contributed by atoms with Gasteiger partial charge in [-0.2, -0.15) is 0 Å². The fourth-order valence-corrected chi connectivity index (χ4v) is 1.56. The third-order valence-electron chi connectivity index (χ3n) is 2.79. The second-order valence-electron chi connectivity index (χ2n) is 4.40. The van der Waals surface area contributed by atoms with Gasteiger partial charge < -0.3 is 5.73 Å². The summed E-state index contributed by atoms with van der Waals surface area (Å²) in [5, 5.41) is 0. The Kier molecular flexibility index (Phi) is 1.84. The predicted octanol–water partition coefficient (Wildman–Crippen LogP) is 1.45. The van der Waals surface area contributed by atoms with E-state index in [0.29, 0.717) is 17.9 Å². The Morgan fingerprint density at radius 3 is 2.38 bits per heavy atom. The van der Waals surface area contributed by atoms with Gasteiger partial charge in [-0.25, -0.2) is 9.97 Å². The van der Waals surface area contributed by atoms with Gasteiger partial charge in [0.05, 0.1) is 0 Å². The molecule has 13 heavy (non-hydrogen) atoms. The van der Waals surface area contributed by atoms with Crippen LogP contribution in [-0.2, 0) is 6.54 Å². The Morgan fingerprint density at radius 1 is 1.46 bits per heavy atom. The highest BCUT2D eigenvalue weighted by molar-refractivity contribution is 5.16. The van der Waals surface area contributed by atoms with E-state index in [0.717, 1.165) is 11.4 Å². The molecular weight excluding hydrogens is 162 g/mol. The van der Waals surface area contributed by atoms with Crippen molar-refractivity contribution in [3.8, 4) is 0 Å². The molecule has 1 aliphatic rings. The van der Waals surface area contributed by atoms with Crippen LogP contribution in [0.15, 0.2) is 12.4 Å². The van der Waals surface area contributed by atoms with E-state index in [4.69, 9.17) is 5.73 Å². The Bertz CT molecular complexity index is 302. The van der Waals surface area contributed by atoms with Crippen LogP contribution in [0.1, 0.15) is 37.6 Å². The number of nitrogens with two attached hydrogens (primary N) is 1. The monoisotopic (exact) mass is 177 g/mol. The van der Waals surface area contributed by atoms with E-state index in [1.165, 1.54) is 6.42 Å². The fraction of sp³-hybridized carbons (Fsp3) is 0.600. The van der Waals surface area contributed by atoms with E-state index in [2.05, 4.69) is 23.8 Å². The zero-order valence-corrected chi connectivity index (χ0v) is 8.12. The lowest BCUT2D eigenvalue weighted by atomic mass is 10.1. The fourth-order valence-electron chi connectivity index (χ4n) is 1.56. The average molecular weight is 177 g/mol. The molecule has 1 atom stereocenters. The largest absolute Gasteiger partial charge is 0.326 e. The highest BCUT2D eigenvalue weighted by Gasteiger charge is 2.48. The van der Waals surface area contributed by atoms with Gasteiger partial charge in [-0.15, -0.1) is 0 Å². The van der Waals surface area contributed by atoms with Gasteiger partial charge in [-0.1, -0.05) is 13.8 Å². The van der Waals surface area contributed by atoms with Crippen LogP contribution in [0, 0.1) is 5.41 Å². The topological polar surface area (TPSA) is 51.8 Å². The van der Waals surface area contributed by atoms with Crippen LogP contribution in [-0.4, -0.2) is 9.97 Å².